The number of pyridine rings is 1. The minimum atomic E-state index is 0.822. The number of furan rings is 1. The Balaban J connectivity index is 1.33. The normalized spacial score (nSPS) is 11.6. The lowest BCUT2D eigenvalue weighted by atomic mass is 9.92. The molecule has 0 atom stereocenters. The average molecular weight is 704 g/mol. The van der Waals surface area contributed by atoms with Gasteiger partial charge in [-0.2, -0.15) is 5.10 Å². The van der Waals surface area contributed by atoms with Gasteiger partial charge in [-0.25, -0.2) is 4.52 Å². The quantitative estimate of drug-likeness (QED) is 0.173. The molecule has 11 aromatic rings. The minimum absolute atomic E-state index is 0.822. The van der Waals surface area contributed by atoms with Crippen LogP contribution in [0.15, 0.2) is 205 Å². The van der Waals surface area contributed by atoms with E-state index in [1.807, 2.05) is 12.1 Å². The molecule has 0 radical (unpaired) electrons. The van der Waals surface area contributed by atoms with Crippen molar-refractivity contribution in [2.24, 2.45) is 0 Å². The van der Waals surface area contributed by atoms with Crippen LogP contribution >= 0.6 is 0 Å². The van der Waals surface area contributed by atoms with Crippen LogP contribution < -0.4 is 0 Å². The van der Waals surface area contributed by atoms with Gasteiger partial charge in [-0.3, -0.25) is 0 Å². The Morgan fingerprint density at radius 3 is 1.84 bits per heavy atom. The van der Waals surface area contributed by atoms with Crippen LogP contribution in [0, 0.1) is 0 Å². The summed E-state index contributed by atoms with van der Waals surface area (Å²) in [4.78, 5) is 0. The van der Waals surface area contributed by atoms with Gasteiger partial charge in [0.15, 0.2) is 0 Å². The van der Waals surface area contributed by atoms with E-state index in [4.69, 9.17) is 9.52 Å². The van der Waals surface area contributed by atoms with Crippen LogP contribution in [0.4, 0.5) is 0 Å². The molecule has 0 spiro atoms. The zero-order chi connectivity index (χ0) is 36.3. The van der Waals surface area contributed by atoms with E-state index in [1.54, 1.807) is 6.26 Å². The average Bonchev–Trinajstić information content (AvgIpc) is 4.03. The van der Waals surface area contributed by atoms with E-state index < -0.39 is 0 Å². The maximum atomic E-state index is 6.13. The molecule has 4 nitrogen and oxygen atoms in total. The lowest BCUT2D eigenvalue weighted by Gasteiger charge is -2.15. The van der Waals surface area contributed by atoms with E-state index in [1.165, 1.54) is 16.2 Å². The molecule has 0 saturated heterocycles. The van der Waals surface area contributed by atoms with Crippen LogP contribution in [0.1, 0.15) is 0 Å². The maximum Gasteiger partial charge on any atom is 0.134 e. The predicted molar refractivity (Wildman–Crippen MR) is 226 cm³/mol. The minimum Gasteiger partial charge on any atom is -0.464 e. The third-order valence-corrected chi connectivity index (χ3v) is 10.8. The molecule has 0 saturated carbocycles. The zero-order valence-corrected chi connectivity index (χ0v) is 29.8. The molecule has 4 heterocycles. The van der Waals surface area contributed by atoms with Crippen molar-refractivity contribution in [1.29, 1.82) is 0 Å². The molecule has 0 aliphatic rings. The van der Waals surface area contributed by atoms with Crippen LogP contribution in [-0.2, 0) is 0 Å². The fourth-order valence-corrected chi connectivity index (χ4v) is 8.35. The van der Waals surface area contributed by atoms with Crippen LogP contribution in [0.5, 0.6) is 0 Å². The second-order valence-electron chi connectivity index (χ2n) is 14.0. The Kier molecular flexibility index (Phi) is 7.14. The van der Waals surface area contributed by atoms with Crippen LogP contribution in [-0.4, -0.2) is 14.2 Å². The largest absolute Gasteiger partial charge is 0.464 e. The number of hydrogen-bond donors (Lipinski definition) is 0. The van der Waals surface area contributed by atoms with Crippen molar-refractivity contribution in [2.75, 3.05) is 0 Å². The van der Waals surface area contributed by atoms with Crippen molar-refractivity contribution in [2.45, 2.75) is 0 Å². The predicted octanol–water partition coefficient (Wildman–Crippen LogP) is 13.5. The van der Waals surface area contributed by atoms with E-state index >= 15 is 0 Å². The second-order valence-corrected chi connectivity index (χ2v) is 14.0. The number of rotatable bonds is 6. The van der Waals surface area contributed by atoms with E-state index in [9.17, 15) is 0 Å². The van der Waals surface area contributed by atoms with Gasteiger partial charge in [0.05, 0.1) is 28.7 Å². The highest BCUT2D eigenvalue weighted by Gasteiger charge is 2.26. The van der Waals surface area contributed by atoms with Gasteiger partial charge in [-0.05, 0) is 87.4 Å². The van der Waals surface area contributed by atoms with Gasteiger partial charge in [0, 0.05) is 33.2 Å². The van der Waals surface area contributed by atoms with Crippen molar-refractivity contribution in [3.8, 4) is 61.9 Å². The Labute approximate surface area is 317 Å². The summed E-state index contributed by atoms with van der Waals surface area (Å²) in [5, 5.41) is 11.5. The summed E-state index contributed by atoms with van der Waals surface area (Å²) in [6, 6.07) is 69.0. The van der Waals surface area contributed by atoms with E-state index in [-0.39, 0.29) is 0 Å². The van der Waals surface area contributed by atoms with Gasteiger partial charge in [-0.1, -0.05) is 140 Å². The number of nitrogens with zero attached hydrogens (tertiary/aromatic N) is 3. The van der Waals surface area contributed by atoms with Crippen LogP contribution in [0.25, 0.3) is 99.9 Å². The first kappa shape index (κ1) is 31.1. The summed E-state index contributed by atoms with van der Waals surface area (Å²) in [5.41, 5.74) is 12.8. The fraction of sp³-hybridized carbons (Fsp3) is 0. The summed E-state index contributed by atoms with van der Waals surface area (Å²) in [6.45, 7) is 0. The van der Waals surface area contributed by atoms with Gasteiger partial charge < -0.3 is 8.98 Å². The number of hydrogen-bond acceptors (Lipinski definition) is 2. The first-order valence-electron chi connectivity index (χ1n) is 18.6. The van der Waals surface area contributed by atoms with E-state index in [0.717, 1.165) is 83.7 Å². The number of aromatic nitrogens is 3. The number of benzene rings is 7. The van der Waals surface area contributed by atoms with Crippen molar-refractivity contribution in [3.05, 3.63) is 200 Å². The molecule has 0 aliphatic carbocycles. The molecule has 0 aliphatic heterocycles. The lowest BCUT2D eigenvalue weighted by Crippen LogP contribution is -1.98. The molecule has 0 N–H and O–H groups in total. The molecule has 11 rings (SSSR count). The first-order chi connectivity index (χ1) is 27.3. The SMILES string of the molecule is c1ccc(-c2cc3cc(-c4ccccc4)n4nc(-c5cc6c7ccccc7ccc6n5-c5ccccc5)c(-c5ccccc5)c4c3cc2-c2ccco2)cc1. The van der Waals surface area contributed by atoms with Gasteiger partial charge >= 0.3 is 0 Å². The van der Waals surface area contributed by atoms with Crippen LogP contribution in [0.3, 0.4) is 0 Å². The van der Waals surface area contributed by atoms with Gasteiger partial charge in [0.2, 0.25) is 0 Å². The number of fused-ring (bicyclic) bond motifs is 6. The Morgan fingerprint density at radius 2 is 1.11 bits per heavy atom. The molecular formula is C51H33N3O. The summed E-state index contributed by atoms with van der Waals surface area (Å²) < 4.78 is 10.7. The van der Waals surface area contributed by atoms with Gasteiger partial charge in [0.1, 0.15) is 11.5 Å². The van der Waals surface area contributed by atoms with Crippen molar-refractivity contribution in [1.82, 2.24) is 14.2 Å². The second kappa shape index (κ2) is 12.6. The van der Waals surface area contributed by atoms with Crippen molar-refractivity contribution >= 4 is 38.0 Å². The monoisotopic (exact) mass is 703 g/mol. The molecular weight excluding hydrogens is 671 g/mol. The van der Waals surface area contributed by atoms with Crippen molar-refractivity contribution < 1.29 is 4.42 Å². The highest BCUT2D eigenvalue weighted by molar-refractivity contribution is 6.13. The molecule has 0 bridgehead atoms. The zero-order valence-electron chi connectivity index (χ0n) is 29.8. The fourth-order valence-electron chi connectivity index (χ4n) is 8.35. The Hall–Kier alpha value is -7.43. The van der Waals surface area contributed by atoms with Gasteiger partial charge in [0.25, 0.3) is 0 Å². The summed E-state index contributed by atoms with van der Waals surface area (Å²) >= 11 is 0. The Morgan fingerprint density at radius 1 is 0.436 bits per heavy atom. The third-order valence-electron chi connectivity index (χ3n) is 10.8. The molecule has 0 fully saturated rings. The molecule has 7 aromatic carbocycles. The smallest absolute Gasteiger partial charge is 0.134 e. The molecule has 0 unspecified atom stereocenters. The summed E-state index contributed by atoms with van der Waals surface area (Å²) in [6.07, 6.45) is 1.75. The maximum absolute atomic E-state index is 6.13. The molecule has 55 heavy (non-hydrogen) atoms. The highest BCUT2D eigenvalue weighted by Crippen LogP contribution is 2.46. The highest BCUT2D eigenvalue weighted by atomic mass is 16.3. The standard InChI is InChI=1S/C51H33N3O/c1-5-16-34(17-6-1)41-30-38-31-46(36-19-7-2-8-20-36)54-51(42(38)32-44(41)48-26-15-29-55-48)49(37-21-9-3-10-22-37)50(52-54)47-33-43-40-25-14-13-18-35(40)27-28-45(43)53(47)39-23-11-4-12-24-39/h1-33H. The molecule has 258 valence electrons. The lowest BCUT2D eigenvalue weighted by molar-refractivity contribution is 0.582. The van der Waals surface area contributed by atoms with Crippen LogP contribution in [0.2, 0.25) is 0 Å². The molecule has 0 amide bonds. The molecule has 4 aromatic heterocycles. The van der Waals surface area contributed by atoms with E-state index in [2.05, 4.69) is 191 Å². The molecule has 4 heteroatoms. The topological polar surface area (TPSA) is 35.4 Å². The Bertz CT molecular complexity index is 3160. The van der Waals surface area contributed by atoms with Crippen molar-refractivity contribution in [3.63, 3.8) is 0 Å². The van der Waals surface area contributed by atoms with E-state index in [0.29, 0.717) is 0 Å². The third kappa shape index (κ3) is 5.03. The summed E-state index contributed by atoms with van der Waals surface area (Å²) in [5.74, 6) is 0.822. The first-order valence-corrected chi connectivity index (χ1v) is 18.6. The number of para-hydroxylation sites is 1. The summed E-state index contributed by atoms with van der Waals surface area (Å²) in [7, 11) is 0. The van der Waals surface area contributed by atoms with Gasteiger partial charge in [-0.15, -0.1) is 0 Å².